The normalized spacial score (nSPS) is 11.7. The van der Waals surface area contributed by atoms with E-state index < -0.39 is 0 Å². The Morgan fingerprint density at radius 3 is 2.47 bits per heavy atom. The largest absolute Gasteiger partial charge is 0.398 e. The number of amides is 1. The van der Waals surface area contributed by atoms with E-state index in [1.54, 1.807) is 31.3 Å². The lowest BCUT2D eigenvalue weighted by molar-refractivity contribution is 0.0799. The molecule has 4 heteroatoms. The first-order valence-electron chi connectivity index (χ1n) is 5.61. The topological polar surface area (TPSA) is 58.7 Å². The third-order valence-corrected chi connectivity index (χ3v) is 2.63. The summed E-state index contributed by atoms with van der Waals surface area (Å²) in [7, 11) is 1.64. The second-order valence-electron chi connectivity index (χ2n) is 4.31. The van der Waals surface area contributed by atoms with Gasteiger partial charge in [0, 0.05) is 18.4 Å². The fourth-order valence-electron chi connectivity index (χ4n) is 1.26. The minimum atomic E-state index is -0.192. The van der Waals surface area contributed by atoms with E-state index in [4.69, 9.17) is 5.73 Å². The molecule has 0 atom stereocenters. The van der Waals surface area contributed by atoms with E-state index >= 15 is 0 Å². The Labute approximate surface area is 102 Å². The maximum Gasteiger partial charge on any atom is 0.275 e. The third-order valence-electron chi connectivity index (χ3n) is 2.63. The number of para-hydroxylation sites is 1. The molecular weight excluding hydrogens is 214 g/mol. The molecule has 0 saturated carbocycles. The average molecular weight is 233 g/mol. The molecule has 4 nitrogen and oxygen atoms in total. The summed E-state index contributed by atoms with van der Waals surface area (Å²) >= 11 is 0. The molecule has 17 heavy (non-hydrogen) atoms. The zero-order valence-electron chi connectivity index (χ0n) is 10.8. The van der Waals surface area contributed by atoms with E-state index in [9.17, 15) is 4.79 Å². The highest BCUT2D eigenvalue weighted by Crippen LogP contribution is 2.13. The van der Waals surface area contributed by atoms with Gasteiger partial charge in [-0.3, -0.25) is 4.79 Å². The van der Waals surface area contributed by atoms with Gasteiger partial charge in [0.15, 0.2) is 0 Å². The van der Waals surface area contributed by atoms with Gasteiger partial charge in [-0.25, -0.2) is 5.01 Å². The Morgan fingerprint density at radius 2 is 1.94 bits per heavy atom. The fourth-order valence-corrected chi connectivity index (χ4v) is 1.26. The summed E-state index contributed by atoms with van der Waals surface area (Å²) in [5.74, 6) is 0.126. The zero-order valence-corrected chi connectivity index (χ0v) is 10.8. The molecule has 2 N–H and O–H groups in total. The number of hydrogen-bond acceptors (Lipinski definition) is 3. The van der Waals surface area contributed by atoms with Gasteiger partial charge in [0.2, 0.25) is 0 Å². The van der Waals surface area contributed by atoms with E-state index in [1.165, 1.54) is 5.01 Å². The van der Waals surface area contributed by atoms with Crippen molar-refractivity contribution in [1.29, 1.82) is 0 Å². The minimum Gasteiger partial charge on any atom is -0.398 e. The highest BCUT2D eigenvalue weighted by atomic mass is 16.2. The van der Waals surface area contributed by atoms with Gasteiger partial charge in [-0.2, -0.15) is 5.10 Å². The number of nitrogen functional groups attached to an aromatic ring is 1. The van der Waals surface area contributed by atoms with Gasteiger partial charge in [0.05, 0.1) is 5.56 Å². The van der Waals surface area contributed by atoms with Crippen LogP contribution in [0.25, 0.3) is 0 Å². The number of benzene rings is 1. The molecule has 0 aliphatic heterocycles. The molecule has 0 heterocycles. The van der Waals surface area contributed by atoms with Crippen LogP contribution in [0.3, 0.4) is 0 Å². The Hall–Kier alpha value is -1.84. The van der Waals surface area contributed by atoms with Gasteiger partial charge < -0.3 is 5.73 Å². The molecule has 1 aromatic rings. The molecule has 0 fully saturated rings. The van der Waals surface area contributed by atoms with Crippen molar-refractivity contribution in [2.75, 3.05) is 12.8 Å². The molecule has 1 aromatic carbocycles. The van der Waals surface area contributed by atoms with Gasteiger partial charge >= 0.3 is 0 Å². The van der Waals surface area contributed by atoms with Gasteiger partial charge in [-0.1, -0.05) is 26.0 Å². The van der Waals surface area contributed by atoms with Crippen molar-refractivity contribution in [1.82, 2.24) is 5.01 Å². The van der Waals surface area contributed by atoms with E-state index in [0.717, 1.165) is 5.71 Å². The fraction of sp³-hybridized carbons (Fsp3) is 0.385. The number of nitrogens with two attached hydrogens (primary N) is 1. The number of hydrogen-bond donors (Lipinski definition) is 1. The molecule has 0 bridgehead atoms. The lowest BCUT2D eigenvalue weighted by atomic mass is 10.1. The third kappa shape index (κ3) is 3.31. The molecule has 0 aliphatic carbocycles. The Balaban J connectivity index is 2.92. The summed E-state index contributed by atoms with van der Waals surface area (Å²) in [4.78, 5) is 12.1. The summed E-state index contributed by atoms with van der Waals surface area (Å²) in [6, 6.07) is 7.00. The number of carbonyl (C=O) groups is 1. The van der Waals surface area contributed by atoms with Crippen LogP contribution < -0.4 is 5.73 Å². The van der Waals surface area contributed by atoms with Crippen LogP contribution in [0, 0.1) is 5.92 Å². The number of carbonyl (C=O) groups excluding carboxylic acids is 1. The summed E-state index contributed by atoms with van der Waals surface area (Å²) in [6.07, 6.45) is 0. The zero-order chi connectivity index (χ0) is 13.0. The standard InChI is InChI=1S/C13H19N3O/c1-9(2)10(3)15-16(4)13(17)11-7-5-6-8-12(11)14/h5-9H,14H2,1-4H3/b15-10-. The predicted octanol–water partition coefficient (Wildman–Crippen LogP) is 2.37. The van der Waals surface area contributed by atoms with Crippen molar-refractivity contribution < 1.29 is 4.79 Å². The lowest BCUT2D eigenvalue weighted by Crippen LogP contribution is -2.24. The van der Waals surface area contributed by atoms with Crippen molar-refractivity contribution in [2.24, 2.45) is 11.0 Å². The van der Waals surface area contributed by atoms with E-state index in [0.29, 0.717) is 17.2 Å². The van der Waals surface area contributed by atoms with Crippen LogP contribution in [0.4, 0.5) is 5.69 Å². The second kappa shape index (κ2) is 5.48. The number of anilines is 1. The maximum atomic E-state index is 12.1. The van der Waals surface area contributed by atoms with Gasteiger partial charge in [-0.05, 0) is 25.0 Å². The summed E-state index contributed by atoms with van der Waals surface area (Å²) < 4.78 is 0. The van der Waals surface area contributed by atoms with Crippen molar-refractivity contribution in [2.45, 2.75) is 20.8 Å². The Morgan fingerprint density at radius 1 is 1.35 bits per heavy atom. The smallest absolute Gasteiger partial charge is 0.275 e. The van der Waals surface area contributed by atoms with E-state index in [-0.39, 0.29) is 5.91 Å². The average Bonchev–Trinajstić information content (AvgIpc) is 2.28. The van der Waals surface area contributed by atoms with Crippen LogP contribution in [0.2, 0.25) is 0 Å². The second-order valence-corrected chi connectivity index (χ2v) is 4.31. The Bertz CT molecular complexity index is 438. The highest BCUT2D eigenvalue weighted by molar-refractivity contribution is 5.99. The number of hydrazone groups is 1. The predicted molar refractivity (Wildman–Crippen MR) is 70.9 cm³/mol. The van der Waals surface area contributed by atoms with Gasteiger partial charge in [0.25, 0.3) is 5.91 Å². The van der Waals surface area contributed by atoms with Crippen LogP contribution in [0.15, 0.2) is 29.4 Å². The van der Waals surface area contributed by atoms with Gasteiger partial charge in [0.1, 0.15) is 0 Å². The maximum absolute atomic E-state index is 12.1. The Kier molecular flexibility index (Phi) is 4.26. The molecule has 1 amide bonds. The van der Waals surface area contributed by atoms with E-state index in [2.05, 4.69) is 5.10 Å². The first-order valence-corrected chi connectivity index (χ1v) is 5.61. The van der Waals surface area contributed by atoms with Crippen LogP contribution in [-0.2, 0) is 0 Å². The minimum absolute atomic E-state index is 0.192. The highest BCUT2D eigenvalue weighted by Gasteiger charge is 2.14. The molecule has 0 spiro atoms. The first kappa shape index (κ1) is 13.2. The molecule has 0 aliphatic rings. The number of nitrogens with zero attached hydrogens (tertiary/aromatic N) is 2. The van der Waals surface area contributed by atoms with Crippen molar-refractivity contribution in [3.8, 4) is 0 Å². The molecule has 1 rings (SSSR count). The SMILES string of the molecule is C/C(=N/N(C)C(=O)c1ccccc1N)C(C)C. The van der Waals surface area contributed by atoms with Crippen LogP contribution in [-0.4, -0.2) is 23.7 Å². The number of rotatable bonds is 3. The van der Waals surface area contributed by atoms with Crippen LogP contribution >= 0.6 is 0 Å². The van der Waals surface area contributed by atoms with Crippen LogP contribution in [0.1, 0.15) is 31.1 Å². The first-order chi connectivity index (χ1) is 7.93. The van der Waals surface area contributed by atoms with Crippen molar-refractivity contribution in [3.05, 3.63) is 29.8 Å². The summed E-state index contributed by atoms with van der Waals surface area (Å²) in [5, 5.41) is 5.57. The molecular formula is C13H19N3O. The van der Waals surface area contributed by atoms with Crippen molar-refractivity contribution in [3.63, 3.8) is 0 Å². The molecule has 0 aromatic heterocycles. The molecule has 92 valence electrons. The molecule has 0 radical (unpaired) electrons. The van der Waals surface area contributed by atoms with Gasteiger partial charge in [-0.15, -0.1) is 0 Å². The van der Waals surface area contributed by atoms with Crippen molar-refractivity contribution >= 4 is 17.3 Å². The quantitative estimate of drug-likeness (QED) is 0.495. The lowest BCUT2D eigenvalue weighted by Gasteiger charge is -2.15. The van der Waals surface area contributed by atoms with Crippen LogP contribution in [0.5, 0.6) is 0 Å². The summed E-state index contributed by atoms with van der Waals surface area (Å²) in [5.41, 5.74) is 7.62. The monoisotopic (exact) mass is 233 g/mol. The van der Waals surface area contributed by atoms with E-state index in [1.807, 2.05) is 20.8 Å². The molecule has 0 saturated heterocycles. The molecule has 0 unspecified atom stereocenters. The summed E-state index contributed by atoms with van der Waals surface area (Å²) in [6.45, 7) is 5.98.